The van der Waals surface area contributed by atoms with Crippen molar-refractivity contribution >= 4 is 5.57 Å². The minimum Gasteiger partial charge on any atom is -0.256 e. The van der Waals surface area contributed by atoms with Crippen molar-refractivity contribution < 1.29 is 22.5 Å². The number of nitrogens with zero attached hydrogens (tertiary/aromatic N) is 1. The first-order chi connectivity index (χ1) is 7.81. The Labute approximate surface area is 93.5 Å². The summed E-state index contributed by atoms with van der Waals surface area (Å²) in [6.45, 7) is 0. The number of alkyl halides is 3. The third-order valence-electron chi connectivity index (χ3n) is 1.91. The zero-order valence-corrected chi connectivity index (χ0v) is 8.37. The van der Waals surface area contributed by atoms with Crippen LogP contribution in [-0.4, -0.2) is 11.1 Å². The van der Waals surface area contributed by atoms with Gasteiger partial charge in [0, 0.05) is 0 Å². The van der Waals surface area contributed by atoms with Gasteiger partial charge in [0.1, 0.15) is 0 Å². The summed E-state index contributed by atoms with van der Waals surface area (Å²) in [5.41, 5.74) is -1.12. The molecule has 0 unspecified atom stereocenters. The fraction of sp³-hybridized carbons (Fsp3) is 0.200. The summed E-state index contributed by atoms with van der Waals surface area (Å²) in [4.78, 5) is 8.74. The maximum atomic E-state index is 13.1. The molecule has 0 saturated heterocycles. The van der Waals surface area contributed by atoms with Gasteiger partial charge in [-0.05, 0) is 5.56 Å². The van der Waals surface area contributed by atoms with E-state index < -0.39 is 29.0 Å². The van der Waals surface area contributed by atoms with Gasteiger partial charge in [-0.25, -0.2) is 0 Å². The molecule has 3 nitrogen and oxygen atoms in total. The van der Waals surface area contributed by atoms with Crippen LogP contribution in [0, 0.1) is 10.1 Å². The summed E-state index contributed by atoms with van der Waals surface area (Å²) in [5.74, 6) is -1.98. The first kappa shape index (κ1) is 13.1. The van der Waals surface area contributed by atoms with Crippen LogP contribution in [0.25, 0.3) is 5.57 Å². The van der Waals surface area contributed by atoms with Crippen molar-refractivity contribution in [2.75, 3.05) is 0 Å². The van der Waals surface area contributed by atoms with Crippen LogP contribution in [0.3, 0.4) is 0 Å². The molecule has 0 saturated carbocycles. The highest BCUT2D eigenvalue weighted by atomic mass is 19.4. The zero-order valence-electron chi connectivity index (χ0n) is 8.37. The van der Waals surface area contributed by atoms with Gasteiger partial charge in [-0.3, -0.25) is 10.1 Å². The van der Waals surface area contributed by atoms with Crippen LogP contribution in [0.4, 0.5) is 17.6 Å². The van der Waals surface area contributed by atoms with Gasteiger partial charge in [-0.2, -0.15) is 13.2 Å². The van der Waals surface area contributed by atoms with Gasteiger partial charge in [0.2, 0.25) is 0 Å². The number of nitro groups is 1. The van der Waals surface area contributed by atoms with Gasteiger partial charge >= 0.3 is 12.1 Å². The molecular weight excluding hydrogens is 242 g/mol. The molecule has 92 valence electrons. The van der Waals surface area contributed by atoms with Crippen molar-refractivity contribution in [3.8, 4) is 0 Å². The molecule has 0 bridgehead atoms. The summed E-state index contributed by atoms with van der Waals surface area (Å²) in [6.07, 6.45) is -6.39. The average Bonchev–Trinajstić information content (AvgIpc) is 2.25. The lowest BCUT2D eigenvalue weighted by Crippen LogP contribution is -2.10. The van der Waals surface area contributed by atoms with Crippen molar-refractivity contribution in [2.45, 2.75) is 12.6 Å². The van der Waals surface area contributed by atoms with Crippen LogP contribution in [0.5, 0.6) is 0 Å². The summed E-state index contributed by atoms with van der Waals surface area (Å²) in [6, 6.07) is 6.63. The van der Waals surface area contributed by atoms with Gasteiger partial charge in [-0.15, -0.1) is 4.39 Å². The molecule has 7 heteroatoms. The van der Waals surface area contributed by atoms with E-state index in [0.29, 0.717) is 0 Å². The van der Waals surface area contributed by atoms with Gasteiger partial charge in [0.05, 0.1) is 16.9 Å². The lowest BCUT2D eigenvalue weighted by molar-refractivity contribution is -0.446. The van der Waals surface area contributed by atoms with E-state index in [2.05, 4.69) is 0 Å². The number of hydrogen-bond donors (Lipinski definition) is 0. The summed E-state index contributed by atoms with van der Waals surface area (Å²) >= 11 is 0. The van der Waals surface area contributed by atoms with E-state index >= 15 is 0 Å². The predicted octanol–water partition coefficient (Wildman–Crippen LogP) is 3.55. The van der Waals surface area contributed by atoms with Crippen LogP contribution in [0.2, 0.25) is 0 Å². The van der Waals surface area contributed by atoms with Gasteiger partial charge < -0.3 is 0 Å². The molecule has 17 heavy (non-hydrogen) atoms. The minimum atomic E-state index is -4.71. The number of rotatable bonds is 3. The topological polar surface area (TPSA) is 43.1 Å². The third kappa shape index (κ3) is 3.86. The van der Waals surface area contributed by atoms with Crippen LogP contribution in [0.1, 0.15) is 12.0 Å². The standard InChI is InChI=1S/C10H7F4NO2/c11-9(15(16)17)8(6-10(12,13)14)7-4-2-1-3-5-7/h1-5H,6H2/b9-8-. The van der Waals surface area contributed by atoms with Crippen LogP contribution < -0.4 is 0 Å². The van der Waals surface area contributed by atoms with Crippen molar-refractivity contribution in [1.29, 1.82) is 0 Å². The average molecular weight is 249 g/mol. The quantitative estimate of drug-likeness (QED) is 0.356. The molecule has 0 heterocycles. The van der Waals surface area contributed by atoms with Gasteiger partial charge in [0.25, 0.3) is 0 Å². The van der Waals surface area contributed by atoms with E-state index in [4.69, 9.17) is 0 Å². The van der Waals surface area contributed by atoms with E-state index in [1.807, 2.05) is 0 Å². The molecule has 0 amide bonds. The Morgan fingerprint density at radius 3 is 2.18 bits per heavy atom. The molecule has 0 radical (unpaired) electrons. The number of halogens is 4. The Morgan fingerprint density at radius 2 is 1.76 bits per heavy atom. The second kappa shape index (κ2) is 4.94. The maximum Gasteiger partial charge on any atom is 0.423 e. The van der Waals surface area contributed by atoms with Crippen LogP contribution in [-0.2, 0) is 0 Å². The van der Waals surface area contributed by atoms with Crippen molar-refractivity contribution in [1.82, 2.24) is 0 Å². The molecule has 1 aromatic rings. The lowest BCUT2D eigenvalue weighted by Gasteiger charge is -2.08. The van der Waals surface area contributed by atoms with Gasteiger partial charge in [-0.1, -0.05) is 30.3 Å². The molecule has 0 spiro atoms. The molecule has 0 fully saturated rings. The highest BCUT2D eigenvalue weighted by Crippen LogP contribution is 2.33. The smallest absolute Gasteiger partial charge is 0.256 e. The SMILES string of the molecule is O=[N+]([O-])/C(F)=C(/CC(F)(F)F)c1ccccc1. The molecular formula is C10H7F4NO2. The molecule has 0 aliphatic carbocycles. The van der Waals surface area contributed by atoms with E-state index in [1.54, 1.807) is 0 Å². The Kier molecular flexibility index (Phi) is 3.82. The van der Waals surface area contributed by atoms with Crippen LogP contribution in [0.15, 0.2) is 36.3 Å². The normalized spacial score (nSPS) is 13.2. The lowest BCUT2D eigenvalue weighted by atomic mass is 10.0. The van der Waals surface area contributed by atoms with Crippen molar-refractivity contribution in [3.05, 3.63) is 52.0 Å². The van der Waals surface area contributed by atoms with E-state index in [9.17, 15) is 27.7 Å². The molecule has 1 rings (SSSR count). The second-order valence-corrected chi connectivity index (χ2v) is 3.18. The molecule has 0 N–H and O–H groups in total. The van der Waals surface area contributed by atoms with E-state index in [-0.39, 0.29) is 5.56 Å². The Balaban J connectivity index is 3.22. The Hall–Kier alpha value is -1.92. The maximum absolute atomic E-state index is 13.1. The predicted molar refractivity (Wildman–Crippen MR) is 52.1 cm³/mol. The zero-order chi connectivity index (χ0) is 13.1. The number of hydrogen-bond acceptors (Lipinski definition) is 2. The highest BCUT2D eigenvalue weighted by molar-refractivity contribution is 5.66. The minimum absolute atomic E-state index is 0.154. The van der Waals surface area contributed by atoms with Gasteiger partial charge in [0.15, 0.2) is 0 Å². The highest BCUT2D eigenvalue weighted by Gasteiger charge is 2.34. The number of allylic oxidation sites excluding steroid dienone is 1. The molecule has 0 aliphatic heterocycles. The Bertz CT molecular complexity index is 439. The molecule has 0 atom stereocenters. The Morgan fingerprint density at radius 1 is 1.24 bits per heavy atom. The monoisotopic (exact) mass is 249 g/mol. The first-order valence-electron chi connectivity index (χ1n) is 4.46. The fourth-order valence-electron chi connectivity index (χ4n) is 1.24. The van der Waals surface area contributed by atoms with Crippen molar-refractivity contribution in [3.63, 3.8) is 0 Å². The second-order valence-electron chi connectivity index (χ2n) is 3.18. The summed E-state index contributed by atoms with van der Waals surface area (Å²) in [7, 11) is 0. The molecule has 0 aliphatic rings. The van der Waals surface area contributed by atoms with Crippen LogP contribution >= 0.6 is 0 Å². The van der Waals surface area contributed by atoms with E-state index in [0.717, 1.165) is 0 Å². The molecule has 1 aromatic carbocycles. The largest absolute Gasteiger partial charge is 0.423 e. The molecule has 0 aromatic heterocycles. The third-order valence-corrected chi connectivity index (χ3v) is 1.91. The summed E-state index contributed by atoms with van der Waals surface area (Å²) < 4.78 is 49.7. The number of benzene rings is 1. The summed E-state index contributed by atoms with van der Waals surface area (Å²) in [5, 5.41) is 10.2. The fourth-order valence-corrected chi connectivity index (χ4v) is 1.24. The van der Waals surface area contributed by atoms with E-state index in [1.165, 1.54) is 30.3 Å². The van der Waals surface area contributed by atoms with Crippen molar-refractivity contribution in [2.24, 2.45) is 0 Å². The first-order valence-corrected chi connectivity index (χ1v) is 4.46.